The van der Waals surface area contributed by atoms with Gasteiger partial charge in [0.2, 0.25) is 0 Å². The monoisotopic (exact) mass is 314 g/mol. The van der Waals surface area contributed by atoms with Crippen molar-refractivity contribution in [2.24, 2.45) is 0 Å². The van der Waals surface area contributed by atoms with Crippen LogP contribution in [0.1, 0.15) is 30.0 Å². The summed E-state index contributed by atoms with van der Waals surface area (Å²) >= 11 is 5.91. The van der Waals surface area contributed by atoms with Crippen LogP contribution in [0.25, 0.3) is 0 Å². The van der Waals surface area contributed by atoms with E-state index in [1.54, 1.807) is 0 Å². The summed E-state index contributed by atoms with van der Waals surface area (Å²) in [4.78, 5) is 0. The average Bonchev–Trinajstić information content (AvgIpc) is 2.54. The van der Waals surface area contributed by atoms with Crippen LogP contribution in [0.3, 0.4) is 0 Å². The second kappa shape index (κ2) is 7.17. The largest absolute Gasteiger partial charge is 0.385 e. The number of rotatable bonds is 5. The Morgan fingerprint density at radius 3 is 2.73 bits per heavy atom. The van der Waals surface area contributed by atoms with Gasteiger partial charge in [-0.25, -0.2) is 0 Å². The van der Waals surface area contributed by atoms with Gasteiger partial charge in [-0.15, -0.1) is 0 Å². The lowest BCUT2D eigenvalue weighted by molar-refractivity contribution is 0.545. The molecule has 2 aromatic rings. The summed E-state index contributed by atoms with van der Waals surface area (Å²) in [6.45, 7) is 4.23. The van der Waals surface area contributed by atoms with Crippen molar-refractivity contribution in [3.8, 4) is 0 Å². The van der Waals surface area contributed by atoms with E-state index in [1.807, 2.05) is 12.1 Å². The highest BCUT2D eigenvalue weighted by molar-refractivity contribution is 6.30. The Balaban J connectivity index is 1.55. The van der Waals surface area contributed by atoms with Gasteiger partial charge in [0.25, 0.3) is 0 Å². The van der Waals surface area contributed by atoms with E-state index in [4.69, 9.17) is 11.6 Å². The van der Waals surface area contributed by atoms with Gasteiger partial charge in [0.1, 0.15) is 0 Å². The minimum atomic E-state index is 0.449. The molecule has 2 nitrogen and oxygen atoms in total. The Bertz CT molecular complexity index is 622. The van der Waals surface area contributed by atoms with Crippen LogP contribution in [0.15, 0.2) is 42.5 Å². The molecule has 0 bridgehead atoms. The topological polar surface area (TPSA) is 24.1 Å². The first-order valence-corrected chi connectivity index (χ1v) is 8.42. The average molecular weight is 315 g/mol. The van der Waals surface area contributed by atoms with Crippen molar-refractivity contribution in [3.05, 3.63) is 64.2 Å². The van der Waals surface area contributed by atoms with Crippen LogP contribution in [0, 0.1) is 0 Å². The van der Waals surface area contributed by atoms with Gasteiger partial charge in [0.05, 0.1) is 0 Å². The number of hydrogen-bond acceptors (Lipinski definition) is 2. The molecule has 22 heavy (non-hydrogen) atoms. The molecule has 1 aliphatic heterocycles. The second-order valence-corrected chi connectivity index (χ2v) is 6.57. The van der Waals surface area contributed by atoms with E-state index in [0.717, 1.165) is 24.5 Å². The summed E-state index contributed by atoms with van der Waals surface area (Å²) in [5, 5.41) is 7.85. The maximum atomic E-state index is 5.91. The standard InChI is InChI=1S/C19H23ClN2/c1-14(22-13-15-4-7-18(20)8-5-15)11-16-6-9-19-17(12-16)3-2-10-21-19/h4-9,12,14,21-22H,2-3,10-11,13H2,1H3. The molecule has 2 aromatic carbocycles. The van der Waals surface area contributed by atoms with Crippen molar-refractivity contribution < 1.29 is 0 Å². The van der Waals surface area contributed by atoms with Gasteiger partial charge in [-0.05, 0) is 61.1 Å². The fourth-order valence-corrected chi connectivity index (χ4v) is 3.10. The smallest absolute Gasteiger partial charge is 0.0406 e. The zero-order valence-electron chi connectivity index (χ0n) is 13.0. The van der Waals surface area contributed by atoms with Crippen LogP contribution in [0.2, 0.25) is 5.02 Å². The molecule has 0 radical (unpaired) electrons. The predicted octanol–water partition coefficient (Wildman–Crippen LogP) is 4.42. The zero-order chi connectivity index (χ0) is 15.4. The molecule has 1 aliphatic rings. The quantitative estimate of drug-likeness (QED) is 0.853. The molecule has 0 amide bonds. The van der Waals surface area contributed by atoms with Gasteiger partial charge in [0.15, 0.2) is 0 Å². The first-order valence-electron chi connectivity index (χ1n) is 8.04. The van der Waals surface area contributed by atoms with Crippen LogP contribution in [-0.2, 0) is 19.4 Å². The first kappa shape index (κ1) is 15.4. The predicted molar refractivity (Wildman–Crippen MR) is 94.7 cm³/mol. The van der Waals surface area contributed by atoms with Crippen molar-refractivity contribution in [3.63, 3.8) is 0 Å². The normalized spacial score (nSPS) is 15.0. The molecule has 116 valence electrons. The second-order valence-electron chi connectivity index (χ2n) is 6.13. The Morgan fingerprint density at radius 1 is 1.14 bits per heavy atom. The summed E-state index contributed by atoms with van der Waals surface area (Å²) in [5.74, 6) is 0. The molecule has 0 saturated heterocycles. The summed E-state index contributed by atoms with van der Waals surface area (Å²) in [6.07, 6.45) is 3.49. The van der Waals surface area contributed by atoms with Crippen molar-refractivity contribution in [1.82, 2.24) is 5.32 Å². The van der Waals surface area contributed by atoms with Gasteiger partial charge in [-0.1, -0.05) is 35.9 Å². The SMILES string of the molecule is CC(Cc1ccc2c(c1)CCCN2)NCc1ccc(Cl)cc1. The van der Waals surface area contributed by atoms with Gasteiger partial charge in [0, 0.05) is 29.8 Å². The summed E-state index contributed by atoms with van der Waals surface area (Å²) in [5.41, 5.74) is 5.47. The lowest BCUT2D eigenvalue weighted by atomic mass is 9.98. The maximum absolute atomic E-state index is 5.91. The van der Waals surface area contributed by atoms with Crippen molar-refractivity contribution in [2.45, 2.75) is 38.8 Å². The van der Waals surface area contributed by atoms with E-state index >= 15 is 0 Å². The fraction of sp³-hybridized carbons (Fsp3) is 0.368. The third-order valence-corrected chi connectivity index (χ3v) is 4.47. The van der Waals surface area contributed by atoms with Crippen LogP contribution < -0.4 is 10.6 Å². The van der Waals surface area contributed by atoms with Gasteiger partial charge < -0.3 is 10.6 Å². The number of halogens is 1. The number of anilines is 1. The molecule has 1 atom stereocenters. The molecule has 1 unspecified atom stereocenters. The highest BCUT2D eigenvalue weighted by Crippen LogP contribution is 2.23. The Kier molecular flexibility index (Phi) is 5.01. The van der Waals surface area contributed by atoms with Crippen molar-refractivity contribution >= 4 is 17.3 Å². The molecule has 1 heterocycles. The Morgan fingerprint density at radius 2 is 1.91 bits per heavy atom. The van der Waals surface area contributed by atoms with Crippen LogP contribution in [0.5, 0.6) is 0 Å². The lowest BCUT2D eigenvalue weighted by Crippen LogP contribution is -2.27. The van der Waals surface area contributed by atoms with Crippen molar-refractivity contribution in [2.75, 3.05) is 11.9 Å². The van der Waals surface area contributed by atoms with E-state index in [0.29, 0.717) is 6.04 Å². The van der Waals surface area contributed by atoms with E-state index in [1.165, 1.54) is 35.2 Å². The highest BCUT2D eigenvalue weighted by Gasteiger charge is 2.10. The van der Waals surface area contributed by atoms with Crippen LogP contribution >= 0.6 is 11.6 Å². The summed E-state index contributed by atoms with van der Waals surface area (Å²) in [6, 6.07) is 15.3. The van der Waals surface area contributed by atoms with Crippen LogP contribution in [0.4, 0.5) is 5.69 Å². The molecule has 3 heteroatoms. The first-order chi connectivity index (χ1) is 10.7. The van der Waals surface area contributed by atoms with E-state index in [9.17, 15) is 0 Å². The maximum Gasteiger partial charge on any atom is 0.0406 e. The van der Waals surface area contributed by atoms with E-state index < -0.39 is 0 Å². The minimum Gasteiger partial charge on any atom is -0.385 e. The molecule has 0 saturated carbocycles. The Hall–Kier alpha value is -1.51. The van der Waals surface area contributed by atoms with E-state index in [2.05, 4.69) is 47.9 Å². The number of nitrogens with one attached hydrogen (secondary N) is 2. The molecule has 0 aliphatic carbocycles. The highest BCUT2D eigenvalue weighted by atomic mass is 35.5. The minimum absolute atomic E-state index is 0.449. The summed E-state index contributed by atoms with van der Waals surface area (Å²) in [7, 11) is 0. The lowest BCUT2D eigenvalue weighted by Gasteiger charge is -2.20. The number of benzene rings is 2. The molecular weight excluding hydrogens is 292 g/mol. The van der Waals surface area contributed by atoms with Gasteiger partial charge in [-0.2, -0.15) is 0 Å². The third-order valence-electron chi connectivity index (χ3n) is 4.22. The zero-order valence-corrected chi connectivity index (χ0v) is 13.8. The molecule has 0 aromatic heterocycles. The number of fused-ring (bicyclic) bond motifs is 1. The molecule has 0 fully saturated rings. The summed E-state index contributed by atoms with van der Waals surface area (Å²) < 4.78 is 0. The van der Waals surface area contributed by atoms with E-state index in [-0.39, 0.29) is 0 Å². The number of aryl methyl sites for hydroxylation is 1. The van der Waals surface area contributed by atoms with Gasteiger partial charge >= 0.3 is 0 Å². The molecule has 3 rings (SSSR count). The van der Waals surface area contributed by atoms with Crippen LogP contribution in [-0.4, -0.2) is 12.6 Å². The molecule has 0 spiro atoms. The van der Waals surface area contributed by atoms with Gasteiger partial charge in [-0.3, -0.25) is 0 Å². The third kappa shape index (κ3) is 4.02. The Labute approximate surface area is 137 Å². The molecule has 2 N–H and O–H groups in total. The number of hydrogen-bond donors (Lipinski definition) is 2. The molecular formula is C19H23ClN2. The fourth-order valence-electron chi connectivity index (χ4n) is 2.98. The van der Waals surface area contributed by atoms with Crippen molar-refractivity contribution in [1.29, 1.82) is 0 Å².